The fraction of sp³-hybridized carbons (Fsp3) is 0.250. The molecule has 2 aromatic carbocycles. The first-order valence-electron chi connectivity index (χ1n) is 8.95. The zero-order chi connectivity index (χ0) is 22.3. The van der Waals surface area contributed by atoms with Gasteiger partial charge >= 0.3 is 5.97 Å². The van der Waals surface area contributed by atoms with Crippen LogP contribution >= 0.6 is 0 Å². The number of nitrogens with zero attached hydrogens (tertiary/aromatic N) is 1. The second kappa shape index (κ2) is 10.1. The van der Waals surface area contributed by atoms with Crippen molar-refractivity contribution in [2.24, 2.45) is 5.92 Å². The summed E-state index contributed by atoms with van der Waals surface area (Å²) in [5.74, 6) is -3.42. The summed E-state index contributed by atoms with van der Waals surface area (Å²) >= 11 is 0. The summed E-state index contributed by atoms with van der Waals surface area (Å²) in [5, 5.41) is 15.4. The highest BCUT2D eigenvalue weighted by molar-refractivity contribution is 5.97. The SMILES string of the molecule is CC(C)[C@@H](NC(=O)c1ccccc1)C(=O)OCC(=O)Nc1cc([N+](=O)[O-])ccc1F. The van der Waals surface area contributed by atoms with E-state index in [0.29, 0.717) is 5.56 Å². The molecule has 158 valence electrons. The van der Waals surface area contributed by atoms with E-state index in [4.69, 9.17) is 4.74 Å². The van der Waals surface area contributed by atoms with Crippen LogP contribution in [0, 0.1) is 21.8 Å². The molecule has 0 spiro atoms. The van der Waals surface area contributed by atoms with Gasteiger partial charge in [0.15, 0.2) is 6.61 Å². The van der Waals surface area contributed by atoms with Gasteiger partial charge in [-0.25, -0.2) is 9.18 Å². The molecule has 2 rings (SSSR count). The number of hydrogen-bond acceptors (Lipinski definition) is 6. The van der Waals surface area contributed by atoms with Gasteiger partial charge in [0.1, 0.15) is 11.9 Å². The Morgan fingerprint density at radius 1 is 1.13 bits per heavy atom. The number of carbonyl (C=O) groups excluding carboxylic acids is 3. The van der Waals surface area contributed by atoms with Crippen LogP contribution in [0.4, 0.5) is 15.8 Å². The van der Waals surface area contributed by atoms with E-state index in [-0.39, 0.29) is 5.92 Å². The third-order valence-electron chi connectivity index (χ3n) is 4.02. The lowest BCUT2D eigenvalue weighted by Crippen LogP contribution is -2.45. The Balaban J connectivity index is 1.97. The van der Waals surface area contributed by atoms with Crippen LogP contribution in [0.1, 0.15) is 24.2 Å². The van der Waals surface area contributed by atoms with Gasteiger partial charge in [0.25, 0.3) is 17.5 Å². The van der Waals surface area contributed by atoms with Gasteiger partial charge in [0.05, 0.1) is 10.6 Å². The average Bonchev–Trinajstić information content (AvgIpc) is 2.71. The third-order valence-corrected chi connectivity index (χ3v) is 4.02. The largest absolute Gasteiger partial charge is 0.454 e. The fourth-order valence-corrected chi connectivity index (χ4v) is 2.45. The van der Waals surface area contributed by atoms with E-state index in [1.807, 2.05) is 0 Å². The molecule has 0 fully saturated rings. The molecule has 2 aromatic rings. The highest BCUT2D eigenvalue weighted by atomic mass is 19.1. The Morgan fingerprint density at radius 2 is 1.80 bits per heavy atom. The lowest BCUT2D eigenvalue weighted by Gasteiger charge is -2.20. The Hall–Kier alpha value is -3.82. The molecule has 0 bridgehead atoms. The van der Waals surface area contributed by atoms with Crippen molar-refractivity contribution >= 4 is 29.2 Å². The van der Waals surface area contributed by atoms with Crippen molar-refractivity contribution in [2.75, 3.05) is 11.9 Å². The molecule has 0 saturated carbocycles. The standard InChI is InChI=1S/C20H20FN3O6/c1-12(2)18(23-19(26)13-6-4-3-5-7-13)20(27)30-11-17(25)22-16-10-14(24(28)29)8-9-15(16)21/h3-10,12,18H,11H2,1-2H3,(H,22,25)(H,23,26)/t18-/m1/s1. The van der Waals surface area contributed by atoms with Crippen molar-refractivity contribution in [1.82, 2.24) is 5.32 Å². The second-order valence-corrected chi connectivity index (χ2v) is 6.64. The average molecular weight is 417 g/mol. The van der Waals surface area contributed by atoms with Crippen molar-refractivity contribution in [3.05, 3.63) is 70.0 Å². The molecule has 2 amide bonds. The number of nitrogens with one attached hydrogen (secondary N) is 2. The smallest absolute Gasteiger partial charge is 0.329 e. The summed E-state index contributed by atoms with van der Waals surface area (Å²) in [6, 6.07) is 9.89. The zero-order valence-corrected chi connectivity index (χ0v) is 16.3. The van der Waals surface area contributed by atoms with Crippen molar-refractivity contribution in [3.8, 4) is 0 Å². The summed E-state index contributed by atoms with van der Waals surface area (Å²) < 4.78 is 18.7. The van der Waals surface area contributed by atoms with E-state index >= 15 is 0 Å². The number of amides is 2. The summed E-state index contributed by atoms with van der Waals surface area (Å²) in [4.78, 5) is 46.6. The number of benzene rings is 2. The lowest BCUT2D eigenvalue weighted by atomic mass is 10.0. The first kappa shape index (κ1) is 22.5. The third kappa shape index (κ3) is 6.09. The van der Waals surface area contributed by atoms with Gasteiger partial charge in [-0.05, 0) is 24.1 Å². The Labute approximate surface area is 171 Å². The minimum atomic E-state index is -1.01. The zero-order valence-electron chi connectivity index (χ0n) is 16.3. The number of carbonyl (C=O) groups is 3. The van der Waals surface area contributed by atoms with Gasteiger partial charge in [-0.3, -0.25) is 19.7 Å². The molecule has 0 heterocycles. The molecule has 30 heavy (non-hydrogen) atoms. The van der Waals surface area contributed by atoms with Gasteiger partial charge in [0.2, 0.25) is 0 Å². The van der Waals surface area contributed by atoms with Gasteiger partial charge in [-0.2, -0.15) is 0 Å². The minimum Gasteiger partial charge on any atom is -0.454 e. The maximum absolute atomic E-state index is 13.7. The van der Waals surface area contributed by atoms with Gasteiger partial charge in [-0.15, -0.1) is 0 Å². The number of anilines is 1. The van der Waals surface area contributed by atoms with Crippen molar-refractivity contribution < 1.29 is 28.4 Å². The number of nitro benzene ring substituents is 1. The summed E-state index contributed by atoms with van der Waals surface area (Å²) in [7, 11) is 0. The molecule has 1 atom stereocenters. The molecule has 0 radical (unpaired) electrons. The Morgan fingerprint density at radius 3 is 2.40 bits per heavy atom. The van der Waals surface area contributed by atoms with E-state index < -0.39 is 52.5 Å². The van der Waals surface area contributed by atoms with Gasteiger partial charge < -0.3 is 15.4 Å². The molecular weight excluding hydrogens is 397 g/mol. The highest BCUT2D eigenvalue weighted by Gasteiger charge is 2.27. The fourth-order valence-electron chi connectivity index (χ4n) is 2.45. The Kier molecular flexibility index (Phi) is 7.56. The number of rotatable bonds is 8. The maximum Gasteiger partial charge on any atom is 0.329 e. The number of nitro groups is 1. The van der Waals surface area contributed by atoms with E-state index in [1.54, 1.807) is 44.2 Å². The van der Waals surface area contributed by atoms with Crippen LogP contribution in [-0.4, -0.2) is 35.4 Å². The number of hydrogen-bond donors (Lipinski definition) is 2. The molecule has 0 aliphatic rings. The maximum atomic E-state index is 13.7. The van der Waals surface area contributed by atoms with Crippen LogP contribution in [0.15, 0.2) is 48.5 Å². The number of halogens is 1. The van der Waals surface area contributed by atoms with Crippen LogP contribution in [0.3, 0.4) is 0 Å². The molecule has 0 saturated heterocycles. The predicted octanol–water partition coefficient (Wildman–Crippen LogP) is 2.67. The van der Waals surface area contributed by atoms with E-state index in [9.17, 15) is 28.9 Å². The lowest BCUT2D eigenvalue weighted by molar-refractivity contribution is -0.384. The predicted molar refractivity (Wildman–Crippen MR) is 105 cm³/mol. The van der Waals surface area contributed by atoms with Crippen LogP contribution < -0.4 is 10.6 Å². The summed E-state index contributed by atoms with van der Waals surface area (Å²) in [5.41, 5.74) is -0.468. The first-order valence-corrected chi connectivity index (χ1v) is 8.95. The molecule has 10 heteroatoms. The number of ether oxygens (including phenoxy) is 1. The van der Waals surface area contributed by atoms with E-state index in [0.717, 1.165) is 18.2 Å². The molecule has 9 nitrogen and oxygen atoms in total. The molecular formula is C20H20FN3O6. The van der Waals surface area contributed by atoms with Gasteiger partial charge in [0, 0.05) is 17.7 Å². The van der Waals surface area contributed by atoms with Crippen LogP contribution in [-0.2, 0) is 14.3 Å². The highest BCUT2D eigenvalue weighted by Crippen LogP contribution is 2.21. The number of non-ortho nitro benzene ring substituents is 1. The van der Waals surface area contributed by atoms with Crippen molar-refractivity contribution in [1.29, 1.82) is 0 Å². The normalized spacial score (nSPS) is 11.5. The second-order valence-electron chi connectivity index (χ2n) is 6.64. The van der Waals surface area contributed by atoms with Crippen LogP contribution in [0.2, 0.25) is 0 Å². The van der Waals surface area contributed by atoms with Crippen LogP contribution in [0.5, 0.6) is 0 Å². The summed E-state index contributed by atoms with van der Waals surface area (Å²) in [6.07, 6.45) is 0. The van der Waals surface area contributed by atoms with E-state index in [2.05, 4.69) is 10.6 Å². The van der Waals surface area contributed by atoms with Crippen molar-refractivity contribution in [3.63, 3.8) is 0 Å². The van der Waals surface area contributed by atoms with E-state index in [1.165, 1.54) is 0 Å². The van der Waals surface area contributed by atoms with Crippen molar-refractivity contribution in [2.45, 2.75) is 19.9 Å². The molecule has 0 aliphatic heterocycles. The minimum absolute atomic E-state index is 0.331. The number of esters is 1. The molecule has 0 unspecified atom stereocenters. The molecule has 0 aromatic heterocycles. The monoisotopic (exact) mass is 417 g/mol. The molecule has 2 N–H and O–H groups in total. The quantitative estimate of drug-likeness (QED) is 0.386. The van der Waals surface area contributed by atoms with Crippen LogP contribution in [0.25, 0.3) is 0 Å². The summed E-state index contributed by atoms with van der Waals surface area (Å²) in [6.45, 7) is 2.62. The topological polar surface area (TPSA) is 128 Å². The molecule has 0 aliphatic carbocycles. The van der Waals surface area contributed by atoms with Gasteiger partial charge in [-0.1, -0.05) is 32.0 Å². The first-order chi connectivity index (χ1) is 14.2. The Bertz CT molecular complexity index is 949.